The van der Waals surface area contributed by atoms with Crippen LogP contribution in [0.5, 0.6) is 0 Å². The molecule has 0 aromatic heterocycles. The molecule has 1 unspecified atom stereocenters. The number of aliphatic imine (C=N–C) groups is 1. The predicted molar refractivity (Wildman–Crippen MR) is 116 cm³/mol. The number of rotatable bonds is 6. The Labute approximate surface area is 186 Å². The van der Waals surface area contributed by atoms with Crippen molar-refractivity contribution >= 4 is 40.0 Å². The minimum Gasteiger partial charge on any atom is -0.370 e. The Bertz CT molecular complexity index is 790. The van der Waals surface area contributed by atoms with Crippen molar-refractivity contribution in [2.24, 2.45) is 4.99 Å². The van der Waals surface area contributed by atoms with Gasteiger partial charge in [0.2, 0.25) is 10.0 Å². The molecule has 1 aromatic rings. The highest BCUT2D eigenvalue weighted by Crippen LogP contribution is 2.32. The van der Waals surface area contributed by atoms with E-state index in [-0.39, 0.29) is 24.0 Å². The number of sulfonamides is 1. The molecule has 0 bridgehead atoms. The number of guanidine groups is 1. The molecule has 2 rings (SSSR count). The summed E-state index contributed by atoms with van der Waals surface area (Å²) in [6.07, 6.45) is -3.24. The van der Waals surface area contributed by atoms with E-state index >= 15 is 0 Å². The Hall–Kier alpha value is -1.12. The summed E-state index contributed by atoms with van der Waals surface area (Å²) in [5, 5.41) is 3.14. The van der Waals surface area contributed by atoms with Crippen LogP contribution in [-0.2, 0) is 20.9 Å². The van der Waals surface area contributed by atoms with Crippen molar-refractivity contribution in [2.45, 2.75) is 18.7 Å². The Morgan fingerprint density at radius 3 is 2.69 bits per heavy atom. The quantitative estimate of drug-likeness (QED) is 0.246. The van der Waals surface area contributed by atoms with Crippen LogP contribution in [0.15, 0.2) is 29.3 Å². The number of halogens is 4. The lowest BCUT2D eigenvalue weighted by Gasteiger charge is -2.35. The number of benzene rings is 1. The van der Waals surface area contributed by atoms with Gasteiger partial charge in [-0.15, -0.1) is 24.0 Å². The lowest BCUT2D eigenvalue weighted by Crippen LogP contribution is -2.48. The van der Waals surface area contributed by atoms with E-state index < -0.39 is 27.9 Å². The third-order valence-electron chi connectivity index (χ3n) is 4.16. The Morgan fingerprint density at radius 1 is 1.34 bits per heavy atom. The molecule has 0 saturated carbocycles. The summed E-state index contributed by atoms with van der Waals surface area (Å²) in [4.78, 5) is 6.12. The SMILES string of the molecule is CN=C(NCCCNS(C)(=O)=O)N1CCOC(c2cccc(C(F)(F)F)c2)C1.I. The second-order valence-corrected chi connectivity index (χ2v) is 8.26. The maximum absolute atomic E-state index is 12.9. The number of hydrogen-bond acceptors (Lipinski definition) is 4. The molecular formula is C17H26F3IN4O3S. The van der Waals surface area contributed by atoms with E-state index in [1.165, 1.54) is 6.07 Å². The Balaban J connectivity index is 0.00000420. The maximum atomic E-state index is 12.9. The highest BCUT2D eigenvalue weighted by molar-refractivity contribution is 14.0. The molecule has 0 spiro atoms. The standard InChI is InChI=1S/C17H25F3N4O3S.HI/c1-21-16(22-7-4-8-23-28(2,25)26)24-9-10-27-15(12-24)13-5-3-6-14(11-13)17(18,19)20;/h3,5-6,11,15,23H,4,7-10,12H2,1-2H3,(H,21,22);1H. The number of nitrogens with one attached hydrogen (secondary N) is 2. The van der Waals surface area contributed by atoms with Gasteiger partial charge in [0, 0.05) is 26.7 Å². The largest absolute Gasteiger partial charge is 0.416 e. The van der Waals surface area contributed by atoms with Crippen molar-refractivity contribution in [3.63, 3.8) is 0 Å². The van der Waals surface area contributed by atoms with Gasteiger partial charge in [-0.25, -0.2) is 13.1 Å². The zero-order chi connectivity index (χ0) is 20.8. The van der Waals surface area contributed by atoms with Crippen LogP contribution in [0, 0.1) is 0 Å². The van der Waals surface area contributed by atoms with E-state index in [9.17, 15) is 21.6 Å². The number of nitrogens with zero attached hydrogens (tertiary/aromatic N) is 2. The van der Waals surface area contributed by atoms with E-state index in [1.54, 1.807) is 13.1 Å². The lowest BCUT2D eigenvalue weighted by atomic mass is 10.0. The van der Waals surface area contributed by atoms with Crippen molar-refractivity contribution in [3.05, 3.63) is 35.4 Å². The van der Waals surface area contributed by atoms with Crippen molar-refractivity contribution < 1.29 is 26.3 Å². The van der Waals surface area contributed by atoms with E-state index in [2.05, 4.69) is 15.0 Å². The zero-order valence-electron chi connectivity index (χ0n) is 16.2. The first-order valence-electron chi connectivity index (χ1n) is 8.79. The fraction of sp³-hybridized carbons (Fsp3) is 0.588. The molecule has 1 aliphatic heterocycles. The molecule has 12 heteroatoms. The molecule has 1 heterocycles. The van der Waals surface area contributed by atoms with Crippen LogP contribution >= 0.6 is 24.0 Å². The van der Waals surface area contributed by atoms with Crippen LogP contribution in [-0.4, -0.2) is 65.4 Å². The highest BCUT2D eigenvalue weighted by atomic mass is 127. The van der Waals surface area contributed by atoms with E-state index in [4.69, 9.17) is 4.74 Å². The molecule has 166 valence electrons. The van der Waals surface area contributed by atoms with Gasteiger partial charge in [-0.3, -0.25) is 4.99 Å². The van der Waals surface area contributed by atoms with Gasteiger partial charge in [-0.05, 0) is 24.1 Å². The van der Waals surface area contributed by atoms with Crippen LogP contribution in [0.1, 0.15) is 23.7 Å². The Kier molecular flexibility index (Phi) is 10.1. The van der Waals surface area contributed by atoms with Crippen LogP contribution in [0.2, 0.25) is 0 Å². The van der Waals surface area contributed by atoms with Gasteiger partial charge in [0.1, 0.15) is 6.10 Å². The summed E-state index contributed by atoms with van der Waals surface area (Å²) in [7, 11) is -1.60. The van der Waals surface area contributed by atoms with Crippen molar-refractivity contribution in [1.29, 1.82) is 0 Å². The second-order valence-electron chi connectivity index (χ2n) is 6.42. The highest BCUT2D eigenvalue weighted by Gasteiger charge is 2.32. The molecule has 1 saturated heterocycles. The topological polar surface area (TPSA) is 83.0 Å². The summed E-state index contributed by atoms with van der Waals surface area (Å²) in [5.41, 5.74) is -0.237. The van der Waals surface area contributed by atoms with Gasteiger partial charge >= 0.3 is 6.18 Å². The summed E-state index contributed by atoms with van der Waals surface area (Å²) in [5.74, 6) is 0.597. The van der Waals surface area contributed by atoms with Crippen molar-refractivity contribution in [1.82, 2.24) is 14.9 Å². The van der Waals surface area contributed by atoms with Crippen LogP contribution in [0.25, 0.3) is 0 Å². The smallest absolute Gasteiger partial charge is 0.370 e. The first-order valence-corrected chi connectivity index (χ1v) is 10.7. The van der Waals surface area contributed by atoms with Crippen LogP contribution < -0.4 is 10.0 Å². The molecule has 0 radical (unpaired) electrons. The third-order valence-corrected chi connectivity index (χ3v) is 4.89. The average Bonchev–Trinajstić information content (AvgIpc) is 2.63. The lowest BCUT2D eigenvalue weighted by molar-refractivity contribution is -0.137. The monoisotopic (exact) mass is 550 g/mol. The fourth-order valence-corrected chi connectivity index (χ4v) is 3.35. The normalized spacial score (nSPS) is 18.3. The second kappa shape index (κ2) is 11.3. The van der Waals surface area contributed by atoms with Crippen molar-refractivity contribution in [2.75, 3.05) is 46.1 Å². The van der Waals surface area contributed by atoms with E-state index in [0.29, 0.717) is 50.7 Å². The molecule has 1 fully saturated rings. The van der Waals surface area contributed by atoms with Gasteiger partial charge in [0.25, 0.3) is 0 Å². The number of ether oxygens (including phenoxy) is 1. The van der Waals surface area contributed by atoms with Crippen LogP contribution in [0.4, 0.5) is 13.2 Å². The molecule has 0 amide bonds. The number of alkyl halides is 3. The first kappa shape index (κ1) is 25.9. The van der Waals surface area contributed by atoms with Gasteiger partial charge in [-0.1, -0.05) is 12.1 Å². The van der Waals surface area contributed by atoms with Gasteiger partial charge in [0.05, 0.1) is 25.0 Å². The fourth-order valence-electron chi connectivity index (χ4n) is 2.84. The van der Waals surface area contributed by atoms with Gasteiger partial charge in [-0.2, -0.15) is 13.2 Å². The first-order chi connectivity index (χ1) is 13.1. The van der Waals surface area contributed by atoms with Gasteiger partial charge < -0.3 is 15.0 Å². The molecule has 1 aromatic carbocycles. The van der Waals surface area contributed by atoms with E-state index in [1.807, 2.05) is 4.90 Å². The summed E-state index contributed by atoms with van der Waals surface area (Å²) in [6.45, 7) is 2.08. The van der Waals surface area contributed by atoms with E-state index in [0.717, 1.165) is 18.4 Å². The van der Waals surface area contributed by atoms with Gasteiger partial charge in [0.15, 0.2) is 5.96 Å². The summed E-state index contributed by atoms with van der Waals surface area (Å²) in [6, 6.07) is 5.15. The minimum atomic E-state index is -4.40. The number of morpholine rings is 1. The molecule has 1 atom stereocenters. The molecule has 0 aliphatic carbocycles. The molecule has 1 aliphatic rings. The Morgan fingerprint density at radius 2 is 2.07 bits per heavy atom. The predicted octanol–water partition coefficient (Wildman–Crippen LogP) is 2.21. The molecular weight excluding hydrogens is 524 g/mol. The zero-order valence-corrected chi connectivity index (χ0v) is 19.3. The van der Waals surface area contributed by atoms with Crippen molar-refractivity contribution in [3.8, 4) is 0 Å². The minimum absolute atomic E-state index is 0. The third kappa shape index (κ3) is 8.64. The summed E-state index contributed by atoms with van der Waals surface area (Å²) >= 11 is 0. The maximum Gasteiger partial charge on any atom is 0.416 e. The molecule has 2 N–H and O–H groups in total. The summed E-state index contributed by atoms with van der Waals surface area (Å²) < 4.78 is 69.0. The number of hydrogen-bond donors (Lipinski definition) is 2. The van der Waals surface area contributed by atoms with Crippen LogP contribution in [0.3, 0.4) is 0 Å². The molecule has 29 heavy (non-hydrogen) atoms. The average molecular weight is 550 g/mol. The molecule has 7 nitrogen and oxygen atoms in total.